The van der Waals surface area contributed by atoms with Crippen molar-refractivity contribution in [2.75, 3.05) is 0 Å². The Morgan fingerprint density at radius 1 is 1.00 bits per heavy atom. The molecule has 0 radical (unpaired) electrons. The molecule has 2 fully saturated rings. The van der Waals surface area contributed by atoms with E-state index in [-0.39, 0.29) is 17.8 Å². The van der Waals surface area contributed by atoms with E-state index in [0.717, 1.165) is 44.3 Å². The van der Waals surface area contributed by atoms with Gasteiger partial charge in [-0.1, -0.05) is 43.2 Å². The molecule has 24 heavy (non-hydrogen) atoms. The molecule has 0 aliphatic heterocycles. The summed E-state index contributed by atoms with van der Waals surface area (Å²) in [6, 6.07) is 11.4. The second kappa shape index (κ2) is 7.19. The summed E-state index contributed by atoms with van der Waals surface area (Å²) in [7, 11) is 0. The van der Waals surface area contributed by atoms with Crippen LogP contribution in [-0.4, -0.2) is 26.2 Å². The van der Waals surface area contributed by atoms with Gasteiger partial charge in [0.2, 0.25) is 0 Å². The molecule has 2 aliphatic rings. The van der Waals surface area contributed by atoms with E-state index in [1.54, 1.807) is 0 Å². The lowest BCUT2D eigenvalue weighted by molar-refractivity contribution is 0.276. The summed E-state index contributed by atoms with van der Waals surface area (Å²) >= 11 is 0. The summed E-state index contributed by atoms with van der Waals surface area (Å²) in [5.41, 5.74) is 7.31. The smallest absolute Gasteiger partial charge is 0.185 e. The number of nitrogens with zero attached hydrogens (tertiary/aromatic N) is 4. The fourth-order valence-corrected chi connectivity index (χ4v) is 4.28. The third-order valence-electron chi connectivity index (χ3n) is 5.71. The van der Waals surface area contributed by atoms with Crippen LogP contribution in [0.25, 0.3) is 0 Å². The van der Waals surface area contributed by atoms with Crippen LogP contribution in [0, 0.1) is 0 Å². The normalized spacial score (nSPS) is 26.0. The first kappa shape index (κ1) is 17.4. The molecule has 130 valence electrons. The predicted molar refractivity (Wildman–Crippen MR) is 96.2 cm³/mol. The number of tetrazole rings is 1. The number of rotatable bonds is 3. The minimum Gasteiger partial charge on any atom is -0.328 e. The van der Waals surface area contributed by atoms with Crippen molar-refractivity contribution in [3.05, 3.63) is 41.7 Å². The van der Waals surface area contributed by atoms with E-state index >= 15 is 0 Å². The minimum absolute atomic E-state index is 0. The Morgan fingerprint density at radius 3 is 2.33 bits per heavy atom. The SMILES string of the molecule is Cl.NC1CCC(n2nnc(C3(c4ccccc4)CCCC3)n2)CC1. The third kappa shape index (κ3) is 3.07. The maximum Gasteiger partial charge on any atom is 0.185 e. The van der Waals surface area contributed by atoms with Crippen LogP contribution < -0.4 is 5.73 Å². The zero-order valence-electron chi connectivity index (χ0n) is 14.0. The van der Waals surface area contributed by atoms with Gasteiger partial charge >= 0.3 is 0 Å². The molecule has 5 nitrogen and oxygen atoms in total. The molecule has 2 N–H and O–H groups in total. The Balaban J connectivity index is 0.00000169. The van der Waals surface area contributed by atoms with E-state index in [1.807, 2.05) is 4.80 Å². The van der Waals surface area contributed by atoms with E-state index in [1.165, 1.54) is 18.4 Å². The molecule has 2 aliphatic carbocycles. The maximum atomic E-state index is 6.01. The molecule has 0 atom stereocenters. The fourth-order valence-electron chi connectivity index (χ4n) is 4.28. The van der Waals surface area contributed by atoms with Crippen molar-refractivity contribution in [2.45, 2.75) is 68.9 Å². The first-order valence-corrected chi connectivity index (χ1v) is 8.89. The predicted octanol–water partition coefficient (Wildman–Crippen LogP) is 3.40. The van der Waals surface area contributed by atoms with Gasteiger partial charge in [-0.15, -0.1) is 22.6 Å². The zero-order valence-corrected chi connectivity index (χ0v) is 14.8. The van der Waals surface area contributed by atoms with Crippen molar-refractivity contribution in [1.82, 2.24) is 20.2 Å². The summed E-state index contributed by atoms with van der Waals surface area (Å²) < 4.78 is 0. The van der Waals surface area contributed by atoms with Crippen molar-refractivity contribution >= 4 is 12.4 Å². The maximum absolute atomic E-state index is 6.01. The Morgan fingerprint density at radius 2 is 1.67 bits per heavy atom. The quantitative estimate of drug-likeness (QED) is 0.923. The van der Waals surface area contributed by atoms with Gasteiger partial charge in [-0.2, -0.15) is 4.80 Å². The second-order valence-electron chi connectivity index (χ2n) is 7.16. The van der Waals surface area contributed by atoms with Gasteiger partial charge in [0.15, 0.2) is 5.82 Å². The lowest BCUT2D eigenvalue weighted by Gasteiger charge is -2.26. The monoisotopic (exact) mass is 347 g/mol. The number of benzene rings is 1. The van der Waals surface area contributed by atoms with Crippen LogP contribution in [0.4, 0.5) is 0 Å². The number of hydrogen-bond acceptors (Lipinski definition) is 4. The highest BCUT2D eigenvalue weighted by Gasteiger charge is 2.41. The molecular formula is C18H26ClN5. The molecule has 0 saturated heterocycles. The van der Waals surface area contributed by atoms with E-state index in [4.69, 9.17) is 10.8 Å². The topological polar surface area (TPSA) is 69.6 Å². The van der Waals surface area contributed by atoms with Gasteiger partial charge in [0.1, 0.15) is 0 Å². The van der Waals surface area contributed by atoms with E-state index in [0.29, 0.717) is 12.1 Å². The van der Waals surface area contributed by atoms with Crippen molar-refractivity contribution in [1.29, 1.82) is 0 Å². The molecule has 0 amide bonds. The van der Waals surface area contributed by atoms with Gasteiger partial charge in [-0.3, -0.25) is 0 Å². The van der Waals surface area contributed by atoms with Crippen LogP contribution in [0.5, 0.6) is 0 Å². The summed E-state index contributed by atoms with van der Waals surface area (Å²) in [4.78, 5) is 1.87. The molecular weight excluding hydrogens is 322 g/mol. The highest BCUT2D eigenvalue weighted by Crippen LogP contribution is 2.44. The van der Waals surface area contributed by atoms with Crippen molar-refractivity contribution in [2.24, 2.45) is 5.73 Å². The van der Waals surface area contributed by atoms with Gasteiger partial charge in [0.05, 0.1) is 11.5 Å². The number of hydrogen-bond donors (Lipinski definition) is 1. The summed E-state index contributed by atoms with van der Waals surface area (Å²) in [5, 5.41) is 13.7. The van der Waals surface area contributed by atoms with Crippen molar-refractivity contribution in [3.8, 4) is 0 Å². The molecule has 1 aromatic heterocycles. The van der Waals surface area contributed by atoms with Gasteiger partial charge in [0.25, 0.3) is 0 Å². The molecule has 1 heterocycles. The van der Waals surface area contributed by atoms with Crippen LogP contribution in [0.1, 0.15) is 68.8 Å². The van der Waals surface area contributed by atoms with E-state index in [9.17, 15) is 0 Å². The van der Waals surface area contributed by atoms with Crippen LogP contribution in [0.3, 0.4) is 0 Å². The Hall–Kier alpha value is -1.46. The Bertz CT molecular complexity index is 642. The van der Waals surface area contributed by atoms with E-state index in [2.05, 4.69) is 40.6 Å². The highest BCUT2D eigenvalue weighted by atomic mass is 35.5. The molecule has 2 saturated carbocycles. The first-order valence-electron chi connectivity index (χ1n) is 8.89. The van der Waals surface area contributed by atoms with E-state index < -0.39 is 0 Å². The lowest BCUT2D eigenvalue weighted by Crippen LogP contribution is -2.29. The molecule has 2 aromatic rings. The first-order chi connectivity index (χ1) is 11.3. The van der Waals surface area contributed by atoms with Crippen molar-refractivity contribution < 1.29 is 0 Å². The lowest BCUT2D eigenvalue weighted by atomic mass is 9.78. The van der Waals surface area contributed by atoms with Crippen LogP contribution in [-0.2, 0) is 5.41 Å². The molecule has 1 aromatic carbocycles. The number of nitrogens with two attached hydrogens (primary N) is 1. The summed E-state index contributed by atoms with van der Waals surface area (Å²) in [6.07, 6.45) is 8.97. The average molecular weight is 348 g/mol. The van der Waals surface area contributed by atoms with Crippen LogP contribution in [0.15, 0.2) is 30.3 Å². The zero-order chi connectivity index (χ0) is 15.7. The average Bonchev–Trinajstić information content (AvgIpc) is 3.27. The van der Waals surface area contributed by atoms with Crippen LogP contribution >= 0.6 is 12.4 Å². The summed E-state index contributed by atoms with van der Waals surface area (Å²) in [6.45, 7) is 0. The van der Waals surface area contributed by atoms with Gasteiger partial charge in [-0.25, -0.2) is 0 Å². The van der Waals surface area contributed by atoms with Gasteiger partial charge in [-0.05, 0) is 49.3 Å². The largest absolute Gasteiger partial charge is 0.328 e. The fraction of sp³-hybridized carbons (Fsp3) is 0.611. The molecule has 0 bridgehead atoms. The Kier molecular flexibility index (Phi) is 5.21. The highest BCUT2D eigenvalue weighted by molar-refractivity contribution is 5.85. The third-order valence-corrected chi connectivity index (χ3v) is 5.71. The van der Waals surface area contributed by atoms with Crippen molar-refractivity contribution in [3.63, 3.8) is 0 Å². The summed E-state index contributed by atoms with van der Waals surface area (Å²) in [5.74, 6) is 0.913. The molecule has 0 spiro atoms. The molecule has 0 unspecified atom stereocenters. The number of halogens is 1. The minimum atomic E-state index is -0.0371. The van der Waals surface area contributed by atoms with Gasteiger partial charge < -0.3 is 5.73 Å². The standard InChI is InChI=1S/C18H25N5.ClH/c19-15-8-10-16(11-9-15)23-21-17(20-22-23)18(12-4-5-13-18)14-6-2-1-3-7-14;/h1-3,6-7,15-16H,4-5,8-13,19H2;1H. The number of aromatic nitrogens is 4. The second-order valence-corrected chi connectivity index (χ2v) is 7.16. The molecule has 4 rings (SSSR count). The Labute approximate surface area is 149 Å². The molecule has 6 heteroatoms. The van der Waals surface area contributed by atoms with Gasteiger partial charge in [0, 0.05) is 6.04 Å². The van der Waals surface area contributed by atoms with Crippen LogP contribution in [0.2, 0.25) is 0 Å².